The molecule has 0 aromatic rings. The Kier molecular flexibility index (Phi) is 4.34. The predicted octanol–water partition coefficient (Wildman–Crippen LogP) is 7.43. The van der Waals surface area contributed by atoms with Gasteiger partial charge < -0.3 is 0 Å². The highest BCUT2D eigenvalue weighted by Crippen LogP contribution is 2.71. The third-order valence-corrected chi connectivity index (χ3v) is 11.9. The zero-order valence-electron chi connectivity index (χ0n) is 18.2. The maximum atomic E-state index is 2.72. The second-order valence-electron chi connectivity index (χ2n) is 11.6. The van der Waals surface area contributed by atoms with Crippen molar-refractivity contribution in [3.8, 4) is 0 Å². The second kappa shape index (κ2) is 6.25. The molecule has 11 unspecified atom stereocenters. The summed E-state index contributed by atoms with van der Waals surface area (Å²) in [6, 6.07) is 0. The van der Waals surface area contributed by atoms with Crippen LogP contribution in [0.25, 0.3) is 0 Å². The lowest BCUT2D eigenvalue weighted by Gasteiger charge is -2.70. The van der Waals surface area contributed by atoms with Crippen LogP contribution in [-0.4, -0.2) is 0 Å². The minimum Gasteiger partial charge on any atom is -0.0648 e. The summed E-state index contributed by atoms with van der Waals surface area (Å²) in [5.74, 6) is 11.7. The Morgan fingerprint density at radius 1 is 0.654 bits per heavy atom. The lowest BCUT2D eigenvalue weighted by molar-refractivity contribution is -0.225. The van der Waals surface area contributed by atoms with Gasteiger partial charge >= 0.3 is 0 Å². The van der Waals surface area contributed by atoms with Crippen molar-refractivity contribution in [2.24, 2.45) is 70.5 Å². The van der Waals surface area contributed by atoms with Crippen LogP contribution in [0, 0.1) is 70.5 Å². The Bertz CT molecular complexity index is 526. The normalized spacial score (nSPS) is 57.3. The van der Waals surface area contributed by atoms with E-state index in [4.69, 9.17) is 0 Å². The highest BCUT2D eigenvalue weighted by atomic mass is 14.7. The van der Waals surface area contributed by atoms with Crippen molar-refractivity contribution in [3.63, 3.8) is 0 Å². The van der Waals surface area contributed by atoms with Gasteiger partial charge in [0.05, 0.1) is 0 Å². The lowest BCUT2D eigenvalue weighted by Crippen LogP contribution is -2.65. The fraction of sp³-hybridized carbons (Fsp3) is 1.00. The molecule has 11 atom stereocenters. The summed E-state index contributed by atoms with van der Waals surface area (Å²) in [6.07, 6.45) is 13.9. The molecule has 5 aliphatic carbocycles. The van der Waals surface area contributed by atoms with Gasteiger partial charge in [0.1, 0.15) is 0 Å². The average Bonchev–Trinajstić information content (AvgIpc) is 2.68. The van der Waals surface area contributed by atoms with Crippen LogP contribution in [0.2, 0.25) is 0 Å². The number of hydrogen-bond donors (Lipinski definition) is 0. The first-order valence-corrected chi connectivity index (χ1v) is 12.5. The minimum absolute atomic E-state index is 0.653. The summed E-state index contributed by atoms with van der Waals surface area (Å²) in [4.78, 5) is 0. The summed E-state index contributed by atoms with van der Waals surface area (Å²) in [5.41, 5.74) is 0.653. The van der Waals surface area contributed by atoms with Gasteiger partial charge in [-0.1, -0.05) is 47.5 Å². The highest BCUT2D eigenvalue weighted by molar-refractivity contribution is 5.13. The molecule has 0 N–H and O–H groups in total. The molecule has 0 saturated heterocycles. The zero-order valence-corrected chi connectivity index (χ0v) is 18.2. The zero-order chi connectivity index (χ0) is 18.2. The van der Waals surface area contributed by atoms with Crippen molar-refractivity contribution in [1.82, 2.24) is 0 Å². The summed E-state index contributed by atoms with van der Waals surface area (Å²) < 4.78 is 0. The smallest absolute Gasteiger partial charge is 0.0243 e. The topological polar surface area (TPSA) is 0 Å². The predicted molar refractivity (Wildman–Crippen MR) is 111 cm³/mol. The van der Waals surface area contributed by atoms with Gasteiger partial charge in [0.25, 0.3) is 0 Å². The Hall–Kier alpha value is 0. The van der Waals surface area contributed by atoms with Gasteiger partial charge in [-0.25, -0.2) is 0 Å². The van der Waals surface area contributed by atoms with Crippen molar-refractivity contribution in [3.05, 3.63) is 0 Å². The molecule has 0 aromatic carbocycles. The van der Waals surface area contributed by atoms with Crippen LogP contribution >= 0.6 is 0 Å². The van der Waals surface area contributed by atoms with E-state index < -0.39 is 0 Å². The first kappa shape index (κ1) is 18.1. The van der Waals surface area contributed by atoms with Crippen LogP contribution in [0.3, 0.4) is 0 Å². The van der Waals surface area contributed by atoms with Gasteiger partial charge in [-0.3, -0.25) is 0 Å². The van der Waals surface area contributed by atoms with Crippen molar-refractivity contribution in [2.45, 2.75) is 92.4 Å². The SMILES string of the molecule is CCC1(CC)C(C)C(C)C2C(C)C3CCCC4CCC5CCC1C2C5C43. The van der Waals surface area contributed by atoms with E-state index in [1.807, 2.05) is 0 Å². The molecule has 0 bridgehead atoms. The van der Waals surface area contributed by atoms with Gasteiger partial charge in [-0.15, -0.1) is 0 Å². The van der Waals surface area contributed by atoms with Crippen LogP contribution in [-0.2, 0) is 0 Å². The largest absolute Gasteiger partial charge is 0.0648 e. The van der Waals surface area contributed by atoms with Crippen LogP contribution in [0.1, 0.15) is 92.4 Å². The van der Waals surface area contributed by atoms with Gasteiger partial charge in [0, 0.05) is 0 Å². The van der Waals surface area contributed by atoms with Crippen molar-refractivity contribution in [2.75, 3.05) is 0 Å². The molecule has 0 heteroatoms. The molecular formula is C26H44. The third-order valence-electron chi connectivity index (χ3n) is 11.9. The molecule has 148 valence electrons. The van der Waals surface area contributed by atoms with E-state index in [1.54, 1.807) is 44.9 Å². The summed E-state index contributed by atoms with van der Waals surface area (Å²) >= 11 is 0. The van der Waals surface area contributed by atoms with E-state index >= 15 is 0 Å². The highest BCUT2D eigenvalue weighted by Gasteiger charge is 2.65. The van der Waals surface area contributed by atoms with E-state index in [9.17, 15) is 0 Å². The van der Waals surface area contributed by atoms with E-state index in [0.29, 0.717) is 5.41 Å². The van der Waals surface area contributed by atoms with Crippen molar-refractivity contribution >= 4 is 0 Å². The lowest BCUT2D eigenvalue weighted by atomic mass is 9.34. The molecule has 26 heavy (non-hydrogen) atoms. The van der Waals surface area contributed by atoms with Gasteiger partial charge in [0.15, 0.2) is 0 Å². The third kappa shape index (κ3) is 2.09. The molecule has 5 fully saturated rings. The van der Waals surface area contributed by atoms with Crippen LogP contribution in [0.4, 0.5) is 0 Å². The van der Waals surface area contributed by atoms with Gasteiger partial charge in [0.2, 0.25) is 0 Å². The molecule has 0 nitrogen and oxygen atoms in total. The Morgan fingerprint density at radius 3 is 2.00 bits per heavy atom. The molecule has 5 aliphatic rings. The Morgan fingerprint density at radius 2 is 1.31 bits per heavy atom. The van der Waals surface area contributed by atoms with Crippen LogP contribution in [0.15, 0.2) is 0 Å². The second-order valence-corrected chi connectivity index (χ2v) is 11.6. The first-order valence-electron chi connectivity index (χ1n) is 12.5. The van der Waals surface area contributed by atoms with E-state index in [-0.39, 0.29) is 0 Å². The molecule has 0 amide bonds. The van der Waals surface area contributed by atoms with E-state index in [1.165, 1.54) is 12.8 Å². The Balaban J connectivity index is 1.63. The Labute approximate surface area is 163 Å². The summed E-state index contributed by atoms with van der Waals surface area (Å²) in [7, 11) is 0. The molecule has 0 spiro atoms. The quantitative estimate of drug-likeness (QED) is 0.482. The number of hydrogen-bond acceptors (Lipinski definition) is 0. The first-order chi connectivity index (χ1) is 12.5. The molecular weight excluding hydrogens is 312 g/mol. The molecule has 5 rings (SSSR count). The molecule has 0 aliphatic heterocycles. The van der Waals surface area contributed by atoms with Gasteiger partial charge in [-0.05, 0) is 115 Å². The fourth-order valence-corrected chi connectivity index (χ4v) is 10.9. The monoisotopic (exact) mass is 356 g/mol. The van der Waals surface area contributed by atoms with Crippen molar-refractivity contribution in [1.29, 1.82) is 0 Å². The minimum atomic E-state index is 0.653. The standard InChI is InChI=1S/C26H44/c1-6-26(7-2)17(5)15(3)22-16(4)20-10-8-9-18-11-12-19-13-14-21(26)25(22)24(19)23(18)20/h15-25H,6-14H2,1-5H3. The van der Waals surface area contributed by atoms with Crippen LogP contribution < -0.4 is 0 Å². The molecule has 0 aromatic heterocycles. The van der Waals surface area contributed by atoms with Crippen LogP contribution in [0.5, 0.6) is 0 Å². The summed E-state index contributed by atoms with van der Waals surface area (Å²) in [6.45, 7) is 13.2. The molecule has 0 heterocycles. The van der Waals surface area contributed by atoms with E-state index in [0.717, 1.165) is 65.1 Å². The maximum absolute atomic E-state index is 2.72. The molecule has 0 radical (unpaired) electrons. The summed E-state index contributed by atoms with van der Waals surface area (Å²) in [5, 5.41) is 0. The number of rotatable bonds is 2. The fourth-order valence-electron chi connectivity index (χ4n) is 10.9. The molecule has 5 saturated carbocycles. The van der Waals surface area contributed by atoms with E-state index in [2.05, 4.69) is 34.6 Å². The maximum Gasteiger partial charge on any atom is -0.0243 e. The van der Waals surface area contributed by atoms with Crippen molar-refractivity contribution < 1.29 is 0 Å². The van der Waals surface area contributed by atoms with Gasteiger partial charge in [-0.2, -0.15) is 0 Å². The average molecular weight is 357 g/mol.